The molecule has 0 bridgehead atoms. The van der Waals surface area contributed by atoms with Crippen LogP contribution >= 0.6 is 11.8 Å². The molecule has 122 valence electrons. The predicted octanol–water partition coefficient (Wildman–Crippen LogP) is 4.72. The van der Waals surface area contributed by atoms with Gasteiger partial charge in [-0.15, -0.1) is 11.8 Å². The third-order valence-corrected chi connectivity index (χ3v) is 4.48. The van der Waals surface area contributed by atoms with Crippen LogP contribution in [0.15, 0.2) is 53.4 Å². The quantitative estimate of drug-likeness (QED) is 0.806. The van der Waals surface area contributed by atoms with Crippen LogP contribution in [0.4, 0.5) is 5.69 Å². The van der Waals surface area contributed by atoms with E-state index in [1.165, 1.54) is 17.3 Å². The molecular formula is C19H23NO2S. The first-order chi connectivity index (χ1) is 10.9. The van der Waals surface area contributed by atoms with E-state index in [-0.39, 0.29) is 11.3 Å². The minimum absolute atomic E-state index is 0.0422. The van der Waals surface area contributed by atoms with Crippen molar-refractivity contribution in [2.24, 2.45) is 0 Å². The highest BCUT2D eigenvalue weighted by Gasteiger charge is 2.13. The summed E-state index contributed by atoms with van der Waals surface area (Å²) in [5, 5.41) is 2.88. The number of benzene rings is 2. The number of hydrogen-bond acceptors (Lipinski definition) is 3. The number of para-hydroxylation sites is 2. The van der Waals surface area contributed by atoms with E-state index in [4.69, 9.17) is 4.74 Å². The molecule has 3 nitrogen and oxygen atoms in total. The van der Waals surface area contributed by atoms with Crippen molar-refractivity contribution in [3.8, 4) is 5.75 Å². The second-order valence-electron chi connectivity index (χ2n) is 6.31. The maximum absolute atomic E-state index is 12.1. The Hall–Kier alpha value is -1.94. The van der Waals surface area contributed by atoms with E-state index in [2.05, 4.69) is 50.4 Å². The topological polar surface area (TPSA) is 38.3 Å². The smallest absolute Gasteiger partial charge is 0.234 e. The molecule has 0 spiro atoms. The van der Waals surface area contributed by atoms with Gasteiger partial charge in [-0.1, -0.05) is 45.0 Å². The van der Waals surface area contributed by atoms with Crippen LogP contribution in [0.3, 0.4) is 0 Å². The number of ether oxygens (including phenoxy) is 1. The Morgan fingerprint density at radius 3 is 2.35 bits per heavy atom. The molecule has 0 unspecified atom stereocenters. The fraction of sp³-hybridized carbons (Fsp3) is 0.316. The summed E-state index contributed by atoms with van der Waals surface area (Å²) in [7, 11) is 1.59. The Balaban J connectivity index is 1.92. The summed E-state index contributed by atoms with van der Waals surface area (Å²) in [6.45, 7) is 6.57. The van der Waals surface area contributed by atoms with Crippen LogP contribution in [0.2, 0.25) is 0 Å². The monoisotopic (exact) mass is 329 g/mol. The third-order valence-electron chi connectivity index (χ3n) is 3.47. The molecule has 0 aliphatic heterocycles. The molecule has 2 aromatic carbocycles. The van der Waals surface area contributed by atoms with Crippen LogP contribution in [0.25, 0.3) is 0 Å². The Kier molecular flexibility index (Phi) is 5.72. The fourth-order valence-corrected chi connectivity index (χ4v) is 2.83. The summed E-state index contributed by atoms with van der Waals surface area (Å²) >= 11 is 1.53. The van der Waals surface area contributed by atoms with Crippen molar-refractivity contribution >= 4 is 23.4 Å². The SMILES string of the molecule is COc1ccccc1NC(=O)CSc1ccc(C(C)(C)C)cc1. The third kappa shape index (κ3) is 5.03. The number of amides is 1. The molecule has 0 saturated carbocycles. The summed E-state index contributed by atoms with van der Waals surface area (Å²) in [6.07, 6.45) is 0. The molecule has 1 N–H and O–H groups in total. The zero-order valence-electron chi connectivity index (χ0n) is 14.1. The van der Waals surface area contributed by atoms with Crippen molar-refractivity contribution in [3.05, 3.63) is 54.1 Å². The van der Waals surface area contributed by atoms with Crippen molar-refractivity contribution in [1.82, 2.24) is 0 Å². The molecule has 0 saturated heterocycles. The van der Waals surface area contributed by atoms with Gasteiger partial charge in [0.05, 0.1) is 18.6 Å². The summed E-state index contributed by atoms with van der Waals surface area (Å²) in [4.78, 5) is 13.2. The Morgan fingerprint density at radius 2 is 1.74 bits per heavy atom. The van der Waals surface area contributed by atoms with Gasteiger partial charge in [0.25, 0.3) is 0 Å². The fourth-order valence-electron chi connectivity index (χ4n) is 2.13. The van der Waals surface area contributed by atoms with Gasteiger partial charge in [0.15, 0.2) is 0 Å². The number of hydrogen-bond donors (Lipinski definition) is 1. The highest BCUT2D eigenvalue weighted by Crippen LogP contribution is 2.26. The number of anilines is 1. The Morgan fingerprint density at radius 1 is 1.09 bits per heavy atom. The van der Waals surface area contributed by atoms with Gasteiger partial charge >= 0.3 is 0 Å². The molecule has 0 aromatic heterocycles. The normalized spacial score (nSPS) is 11.1. The zero-order chi connectivity index (χ0) is 16.9. The first-order valence-electron chi connectivity index (χ1n) is 7.56. The van der Waals surface area contributed by atoms with Gasteiger partial charge < -0.3 is 10.1 Å². The number of thioether (sulfide) groups is 1. The van der Waals surface area contributed by atoms with E-state index >= 15 is 0 Å². The van der Waals surface area contributed by atoms with Crippen molar-refractivity contribution in [2.45, 2.75) is 31.1 Å². The Bertz CT molecular complexity index is 660. The van der Waals surface area contributed by atoms with Gasteiger partial charge in [0, 0.05) is 4.90 Å². The number of rotatable bonds is 5. The second-order valence-corrected chi connectivity index (χ2v) is 7.36. The molecule has 1 amide bonds. The van der Waals surface area contributed by atoms with Crippen LogP contribution in [0.1, 0.15) is 26.3 Å². The summed E-state index contributed by atoms with van der Waals surface area (Å²) < 4.78 is 5.23. The van der Waals surface area contributed by atoms with Crippen molar-refractivity contribution in [3.63, 3.8) is 0 Å². The first-order valence-corrected chi connectivity index (χ1v) is 8.55. The van der Waals surface area contributed by atoms with Crippen LogP contribution in [0.5, 0.6) is 5.75 Å². The van der Waals surface area contributed by atoms with Crippen LogP contribution in [-0.2, 0) is 10.2 Å². The van der Waals surface area contributed by atoms with Crippen LogP contribution < -0.4 is 10.1 Å². The minimum atomic E-state index is -0.0422. The number of methoxy groups -OCH3 is 1. The first kappa shape index (κ1) is 17.4. The van der Waals surface area contributed by atoms with Crippen LogP contribution in [0, 0.1) is 0 Å². The van der Waals surface area contributed by atoms with Gasteiger partial charge in [-0.25, -0.2) is 0 Å². The lowest BCUT2D eigenvalue weighted by Crippen LogP contribution is -2.14. The lowest BCUT2D eigenvalue weighted by molar-refractivity contribution is -0.113. The van der Waals surface area contributed by atoms with E-state index in [0.29, 0.717) is 17.2 Å². The summed E-state index contributed by atoms with van der Waals surface area (Å²) in [5.74, 6) is 0.993. The van der Waals surface area contributed by atoms with Crippen molar-refractivity contribution in [2.75, 3.05) is 18.2 Å². The predicted molar refractivity (Wildman–Crippen MR) is 97.5 cm³/mol. The van der Waals surface area contributed by atoms with Crippen molar-refractivity contribution < 1.29 is 9.53 Å². The van der Waals surface area contributed by atoms with Crippen molar-refractivity contribution in [1.29, 1.82) is 0 Å². The second kappa shape index (κ2) is 7.55. The zero-order valence-corrected chi connectivity index (χ0v) is 14.9. The van der Waals surface area contributed by atoms with Gasteiger partial charge in [-0.05, 0) is 35.2 Å². The van der Waals surface area contributed by atoms with Crippen LogP contribution in [-0.4, -0.2) is 18.8 Å². The minimum Gasteiger partial charge on any atom is -0.495 e. The largest absolute Gasteiger partial charge is 0.495 e. The molecule has 0 radical (unpaired) electrons. The standard InChI is InChI=1S/C19H23NO2S/c1-19(2,3)14-9-11-15(12-10-14)23-13-18(21)20-16-7-5-6-8-17(16)22-4/h5-12H,13H2,1-4H3,(H,20,21). The number of nitrogens with one attached hydrogen (secondary N) is 1. The molecule has 2 aromatic rings. The lowest BCUT2D eigenvalue weighted by Gasteiger charge is -2.19. The van der Waals surface area contributed by atoms with Gasteiger partial charge in [-0.2, -0.15) is 0 Å². The highest BCUT2D eigenvalue weighted by molar-refractivity contribution is 8.00. The summed E-state index contributed by atoms with van der Waals surface area (Å²) in [5.41, 5.74) is 2.13. The lowest BCUT2D eigenvalue weighted by atomic mass is 9.87. The molecule has 0 atom stereocenters. The molecule has 0 heterocycles. The van der Waals surface area contributed by atoms with E-state index in [0.717, 1.165) is 4.90 Å². The maximum atomic E-state index is 12.1. The molecule has 4 heteroatoms. The van der Waals surface area contributed by atoms with E-state index in [1.807, 2.05) is 24.3 Å². The molecule has 23 heavy (non-hydrogen) atoms. The highest BCUT2D eigenvalue weighted by atomic mass is 32.2. The van der Waals surface area contributed by atoms with E-state index in [9.17, 15) is 4.79 Å². The molecule has 0 aliphatic carbocycles. The Labute approximate surface area is 142 Å². The number of carbonyl (C=O) groups excluding carboxylic acids is 1. The average Bonchev–Trinajstić information content (AvgIpc) is 2.53. The maximum Gasteiger partial charge on any atom is 0.234 e. The van der Waals surface area contributed by atoms with Gasteiger partial charge in [0.2, 0.25) is 5.91 Å². The molecule has 0 aliphatic rings. The number of carbonyl (C=O) groups is 1. The average molecular weight is 329 g/mol. The summed E-state index contributed by atoms with van der Waals surface area (Å²) in [6, 6.07) is 15.8. The van der Waals surface area contributed by atoms with E-state index in [1.54, 1.807) is 7.11 Å². The molecular weight excluding hydrogens is 306 g/mol. The van der Waals surface area contributed by atoms with Gasteiger partial charge in [-0.3, -0.25) is 4.79 Å². The van der Waals surface area contributed by atoms with E-state index < -0.39 is 0 Å². The molecule has 0 fully saturated rings. The molecule has 2 rings (SSSR count). The van der Waals surface area contributed by atoms with Gasteiger partial charge in [0.1, 0.15) is 5.75 Å².